The molecule has 6 nitrogen and oxygen atoms in total. The standard InChI is InChI=1S/C44H69FN2O4S/c1-29(2)32-12-21-44(46-24-27-47-25-15-31(16-26-47)52(50)51)23-22-41(6)34(37(32)44)8-9-36-40(5)17-13-33(39(3,4)35(40)14-18-42(36,41)7)30-10-19-43(28-45,20-11-30)38(48)49/h10,13,31-32,34-37,46H,1,8-9,11-12,14-28H2,2-7H3,(H,48,49)(H,50,51)/t32-,34+,35-,36+,37+,40-,41+,42+,43?,44-/m0/s1. The number of nitrogens with one attached hydrogen (secondary N) is 1. The van der Waals surface area contributed by atoms with Gasteiger partial charge in [-0.2, -0.15) is 0 Å². The highest BCUT2D eigenvalue weighted by Gasteiger charge is 2.70. The zero-order valence-corrected chi connectivity index (χ0v) is 34.0. The van der Waals surface area contributed by atoms with Gasteiger partial charge in [0, 0.05) is 18.6 Å². The maximum Gasteiger partial charge on any atom is 0.312 e. The van der Waals surface area contributed by atoms with Crippen molar-refractivity contribution < 1.29 is 23.1 Å². The first-order valence-electron chi connectivity index (χ1n) is 20.9. The smallest absolute Gasteiger partial charge is 0.312 e. The zero-order valence-electron chi connectivity index (χ0n) is 33.2. The number of likely N-dealkylation sites (tertiary alicyclic amines) is 1. The van der Waals surface area contributed by atoms with Crippen LogP contribution in [0, 0.1) is 56.7 Å². The molecule has 292 valence electrons. The average Bonchev–Trinajstić information content (AvgIpc) is 3.49. The molecule has 0 aromatic heterocycles. The zero-order chi connectivity index (χ0) is 37.5. The Balaban J connectivity index is 1.11. The number of aliphatic carboxylic acids is 1. The fraction of sp³-hybridized carbons (Fsp3) is 0.841. The van der Waals surface area contributed by atoms with Gasteiger partial charge in [-0.3, -0.25) is 4.79 Å². The largest absolute Gasteiger partial charge is 0.481 e. The van der Waals surface area contributed by atoms with E-state index in [-0.39, 0.29) is 32.4 Å². The van der Waals surface area contributed by atoms with Crippen molar-refractivity contribution in [3.05, 3.63) is 35.5 Å². The molecule has 52 heavy (non-hydrogen) atoms. The molecule has 0 radical (unpaired) electrons. The Bertz CT molecular complexity index is 1520. The van der Waals surface area contributed by atoms with Crippen LogP contribution in [0.2, 0.25) is 0 Å². The molecule has 0 bridgehead atoms. The number of carboxylic acids is 1. The first kappa shape index (κ1) is 38.9. The predicted octanol–water partition coefficient (Wildman–Crippen LogP) is 9.36. The van der Waals surface area contributed by atoms with Crippen molar-refractivity contribution in [3.8, 4) is 0 Å². The highest BCUT2D eigenvalue weighted by atomic mass is 32.2. The van der Waals surface area contributed by atoms with Crippen molar-refractivity contribution >= 4 is 17.0 Å². The van der Waals surface area contributed by atoms with E-state index in [1.54, 1.807) is 0 Å². The molecular weight excluding hydrogens is 672 g/mol. The quantitative estimate of drug-likeness (QED) is 0.161. The van der Waals surface area contributed by atoms with Crippen LogP contribution in [0.15, 0.2) is 35.5 Å². The van der Waals surface area contributed by atoms with Crippen LogP contribution in [0.25, 0.3) is 0 Å². The van der Waals surface area contributed by atoms with E-state index in [9.17, 15) is 23.1 Å². The molecule has 7 rings (SSSR count). The molecule has 0 aromatic rings. The predicted molar refractivity (Wildman–Crippen MR) is 209 cm³/mol. The summed E-state index contributed by atoms with van der Waals surface area (Å²) in [4.78, 5) is 14.5. The van der Waals surface area contributed by atoms with Gasteiger partial charge in [0.15, 0.2) is 11.1 Å². The molecule has 1 aliphatic heterocycles. The SMILES string of the molecule is C=C(C)[C@@H]1CC[C@]2(NCCN3CCC(S(=O)O)CC3)CC[C@]3(C)[C@H](CC[C@@H]4[C@@]5(C)CC=C(C6=CCC(CF)(C(=O)O)CC6)C(C)(C)[C@@H]5CC[C@]43C)[C@@H]12. The van der Waals surface area contributed by atoms with Gasteiger partial charge in [0.2, 0.25) is 0 Å². The summed E-state index contributed by atoms with van der Waals surface area (Å²) in [5.74, 6) is 2.08. The molecule has 4 saturated carbocycles. The van der Waals surface area contributed by atoms with Gasteiger partial charge < -0.3 is 19.9 Å². The number of carbonyl (C=O) groups is 1. The van der Waals surface area contributed by atoms with E-state index in [1.807, 2.05) is 0 Å². The van der Waals surface area contributed by atoms with Crippen LogP contribution in [0.4, 0.5) is 4.39 Å². The average molecular weight is 741 g/mol. The second kappa shape index (κ2) is 13.7. The molecule has 0 amide bonds. The summed E-state index contributed by atoms with van der Waals surface area (Å²) in [5.41, 5.74) is 3.70. The molecule has 0 spiro atoms. The van der Waals surface area contributed by atoms with Crippen molar-refractivity contribution in [2.75, 3.05) is 32.9 Å². The van der Waals surface area contributed by atoms with Gasteiger partial charge in [-0.1, -0.05) is 58.9 Å². The lowest BCUT2D eigenvalue weighted by atomic mass is 9.33. The minimum atomic E-state index is -1.70. The van der Waals surface area contributed by atoms with Crippen LogP contribution in [-0.4, -0.2) is 68.4 Å². The highest BCUT2D eigenvalue weighted by Crippen LogP contribution is 2.76. The maximum atomic E-state index is 14.0. The third-order valence-electron chi connectivity index (χ3n) is 18.0. The molecule has 0 aromatic carbocycles. The second-order valence-corrected chi connectivity index (χ2v) is 21.5. The first-order valence-corrected chi connectivity index (χ1v) is 22.1. The van der Waals surface area contributed by atoms with Gasteiger partial charge >= 0.3 is 5.97 Å². The summed E-state index contributed by atoms with van der Waals surface area (Å²) >= 11 is -1.70. The summed E-state index contributed by atoms with van der Waals surface area (Å²) in [6, 6.07) is 0. The monoisotopic (exact) mass is 740 g/mol. The number of halogens is 1. The van der Waals surface area contributed by atoms with E-state index >= 15 is 0 Å². The number of piperidine rings is 1. The Hall–Kier alpha value is -1.35. The minimum absolute atomic E-state index is 0.0105. The van der Waals surface area contributed by atoms with Crippen LogP contribution in [0.1, 0.15) is 131 Å². The summed E-state index contributed by atoms with van der Waals surface area (Å²) in [7, 11) is 0. The number of carboxylic acid groups (broad SMARTS) is 1. The summed E-state index contributed by atoms with van der Waals surface area (Å²) in [5, 5.41) is 14.0. The highest BCUT2D eigenvalue weighted by molar-refractivity contribution is 7.79. The number of fused-ring (bicyclic) bond motifs is 7. The van der Waals surface area contributed by atoms with Crippen molar-refractivity contribution in [3.63, 3.8) is 0 Å². The van der Waals surface area contributed by atoms with E-state index in [4.69, 9.17) is 0 Å². The number of rotatable bonds is 9. The topological polar surface area (TPSA) is 89.9 Å². The lowest BCUT2D eigenvalue weighted by Gasteiger charge is -2.72. The van der Waals surface area contributed by atoms with Crippen LogP contribution in [0.5, 0.6) is 0 Å². The van der Waals surface area contributed by atoms with Gasteiger partial charge in [-0.05, 0) is 172 Å². The van der Waals surface area contributed by atoms with E-state index in [1.165, 1.54) is 68.1 Å². The summed E-state index contributed by atoms with van der Waals surface area (Å²) in [6.45, 7) is 22.9. The minimum Gasteiger partial charge on any atom is -0.481 e. The number of nitrogens with zero attached hydrogens (tertiary/aromatic N) is 1. The first-order chi connectivity index (χ1) is 24.5. The van der Waals surface area contributed by atoms with Crippen LogP contribution < -0.4 is 5.32 Å². The molecule has 6 aliphatic carbocycles. The Morgan fingerprint density at radius 1 is 0.942 bits per heavy atom. The van der Waals surface area contributed by atoms with Crippen LogP contribution in [-0.2, 0) is 15.9 Å². The van der Waals surface area contributed by atoms with Gasteiger partial charge in [-0.15, -0.1) is 0 Å². The number of hydrogen-bond donors (Lipinski definition) is 3. The second-order valence-electron chi connectivity index (χ2n) is 20.3. The Morgan fingerprint density at radius 3 is 2.29 bits per heavy atom. The molecule has 2 unspecified atom stereocenters. The van der Waals surface area contributed by atoms with Crippen LogP contribution in [0.3, 0.4) is 0 Å². The van der Waals surface area contributed by atoms with E-state index in [2.05, 4.69) is 70.5 Å². The van der Waals surface area contributed by atoms with Crippen molar-refractivity contribution in [1.82, 2.24) is 10.2 Å². The maximum absolute atomic E-state index is 14.0. The molecular formula is C44H69FN2O4S. The number of allylic oxidation sites excluding steroid dienone is 5. The van der Waals surface area contributed by atoms with Gasteiger partial charge in [0.25, 0.3) is 0 Å². The lowest BCUT2D eigenvalue weighted by molar-refractivity contribution is -0.221. The van der Waals surface area contributed by atoms with Crippen molar-refractivity contribution in [2.24, 2.45) is 56.7 Å². The van der Waals surface area contributed by atoms with Gasteiger partial charge in [-0.25, -0.2) is 8.60 Å². The normalized spacial score (nSPS) is 45.4. The Labute approximate surface area is 316 Å². The number of hydrogen-bond acceptors (Lipinski definition) is 4. The van der Waals surface area contributed by atoms with Crippen LogP contribution >= 0.6 is 0 Å². The Morgan fingerprint density at radius 2 is 1.67 bits per heavy atom. The molecule has 8 heteroatoms. The fourth-order valence-electron chi connectivity index (χ4n) is 14.9. The Kier molecular flexibility index (Phi) is 10.2. The summed E-state index contributed by atoms with van der Waals surface area (Å²) < 4.78 is 35.2. The summed E-state index contributed by atoms with van der Waals surface area (Å²) in [6.07, 6.45) is 18.7. The van der Waals surface area contributed by atoms with E-state index in [0.717, 1.165) is 45.4 Å². The van der Waals surface area contributed by atoms with Gasteiger partial charge in [0.05, 0.1) is 10.7 Å². The van der Waals surface area contributed by atoms with E-state index < -0.39 is 29.1 Å². The molecule has 1 saturated heterocycles. The van der Waals surface area contributed by atoms with E-state index in [0.29, 0.717) is 48.9 Å². The molecule has 1 heterocycles. The lowest BCUT2D eigenvalue weighted by Crippen LogP contribution is -2.68. The van der Waals surface area contributed by atoms with Crippen molar-refractivity contribution in [1.29, 1.82) is 0 Å². The van der Waals surface area contributed by atoms with Crippen molar-refractivity contribution in [2.45, 2.75) is 142 Å². The molecule has 5 fully saturated rings. The molecule has 11 atom stereocenters. The molecule has 3 N–H and O–H groups in total. The number of alkyl halides is 1. The molecule has 7 aliphatic rings. The fourth-order valence-corrected chi connectivity index (χ4v) is 15.5. The third kappa shape index (κ3) is 5.83. The van der Waals surface area contributed by atoms with Gasteiger partial charge in [0.1, 0.15) is 6.67 Å². The third-order valence-corrected chi connectivity index (χ3v) is 19.1.